The summed E-state index contributed by atoms with van der Waals surface area (Å²) in [4.78, 5) is 11.8. The van der Waals surface area contributed by atoms with E-state index in [2.05, 4.69) is 24.3 Å². The fourth-order valence-corrected chi connectivity index (χ4v) is 3.81. The van der Waals surface area contributed by atoms with Gasteiger partial charge in [-0.05, 0) is 55.6 Å². The van der Waals surface area contributed by atoms with E-state index in [0.717, 1.165) is 19.3 Å². The zero-order valence-electron chi connectivity index (χ0n) is 11.8. The van der Waals surface area contributed by atoms with Crippen LogP contribution in [-0.2, 0) is 16.0 Å². The zero-order chi connectivity index (χ0) is 14.0. The minimum absolute atomic E-state index is 0.397. The van der Waals surface area contributed by atoms with Crippen LogP contribution >= 0.6 is 0 Å². The van der Waals surface area contributed by atoms with Crippen molar-refractivity contribution in [1.82, 2.24) is 0 Å². The topological polar surface area (TPSA) is 46.5 Å². The third-order valence-corrected chi connectivity index (χ3v) is 5.03. The lowest BCUT2D eigenvalue weighted by molar-refractivity contribution is -0.156. The van der Waals surface area contributed by atoms with Crippen LogP contribution in [0.4, 0.5) is 0 Å². The second-order valence-corrected chi connectivity index (χ2v) is 6.19. The normalized spacial score (nSPS) is 24.9. The van der Waals surface area contributed by atoms with Crippen LogP contribution in [-0.4, -0.2) is 24.3 Å². The maximum absolute atomic E-state index is 11.8. The minimum Gasteiger partial charge on any atom is -0.481 e. The van der Waals surface area contributed by atoms with Gasteiger partial charge in [-0.3, -0.25) is 4.79 Å². The summed E-state index contributed by atoms with van der Waals surface area (Å²) in [5.74, 6) is -0.238. The molecule has 1 aliphatic carbocycles. The van der Waals surface area contributed by atoms with Crippen molar-refractivity contribution in [2.24, 2.45) is 5.41 Å². The lowest BCUT2D eigenvalue weighted by Gasteiger charge is -2.37. The summed E-state index contributed by atoms with van der Waals surface area (Å²) in [5, 5.41) is 9.71. The largest absolute Gasteiger partial charge is 0.481 e. The molecule has 3 heteroatoms. The molecule has 1 aliphatic heterocycles. The summed E-state index contributed by atoms with van der Waals surface area (Å²) in [7, 11) is 0. The van der Waals surface area contributed by atoms with Gasteiger partial charge in [0.25, 0.3) is 0 Å². The van der Waals surface area contributed by atoms with Crippen LogP contribution in [0.15, 0.2) is 24.3 Å². The molecule has 1 heterocycles. The van der Waals surface area contributed by atoms with Gasteiger partial charge in [-0.15, -0.1) is 0 Å². The van der Waals surface area contributed by atoms with E-state index in [4.69, 9.17) is 4.74 Å². The molecule has 1 unspecified atom stereocenters. The molecule has 20 heavy (non-hydrogen) atoms. The molecule has 1 fully saturated rings. The Kier molecular flexibility index (Phi) is 3.79. The van der Waals surface area contributed by atoms with Crippen molar-refractivity contribution in [3.05, 3.63) is 35.4 Å². The number of aliphatic carboxylic acids is 1. The van der Waals surface area contributed by atoms with Crippen LogP contribution in [0.1, 0.15) is 49.1 Å². The Morgan fingerprint density at radius 1 is 1.30 bits per heavy atom. The highest BCUT2D eigenvalue weighted by molar-refractivity contribution is 5.75. The van der Waals surface area contributed by atoms with Crippen LogP contribution in [0.3, 0.4) is 0 Å². The molecular formula is C17H22O3. The summed E-state index contributed by atoms with van der Waals surface area (Å²) in [6.07, 6.45) is 5.50. The zero-order valence-corrected chi connectivity index (χ0v) is 11.8. The van der Waals surface area contributed by atoms with Crippen molar-refractivity contribution in [2.45, 2.75) is 44.4 Å². The molecule has 3 rings (SSSR count). The number of ether oxygens (including phenoxy) is 1. The van der Waals surface area contributed by atoms with Crippen molar-refractivity contribution in [3.63, 3.8) is 0 Å². The summed E-state index contributed by atoms with van der Waals surface area (Å²) in [5.41, 5.74) is 2.22. The van der Waals surface area contributed by atoms with Gasteiger partial charge in [0.15, 0.2) is 0 Å². The van der Waals surface area contributed by atoms with Gasteiger partial charge in [-0.2, -0.15) is 0 Å². The Morgan fingerprint density at radius 3 is 2.80 bits per heavy atom. The van der Waals surface area contributed by atoms with Crippen molar-refractivity contribution >= 4 is 5.97 Å². The quantitative estimate of drug-likeness (QED) is 0.919. The number of aryl methyl sites for hydroxylation is 1. The van der Waals surface area contributed by atoms with Gasteiger partial charge >= 0.3 is 5.97 Å². The highest BCUT2D eigenvalue weighted by Gasteiger charge is 2.42. The van der Waals surface area contributed by atoms with Crippen LogP contribution in [0, 0.1) is 5.41 Å². The third-order valence-electron chi connectivity index (χ3n) is 5.03. The van der Waals surface area contributed by atoms with Gasteiger partial charge < -0.3 is 9.84 Å². The number of benzene rings is 1. The highest BCUT2D eigenvalue weighted by atomic mass is 16.5. The van der Waals surface area contributed by atoms with E-state index in [9.17, 15) is 9.90 Å². The van der Waals surface area contributed by atoms with Crippen molar-refractivity contribution in [1.29, 1.82) is 0 Å². The van der Waals surface area contributed by atoms with Crippen LogP contribution < -0.4 is 0 Å². The van der Waals surface area contributed by atoms with Gasteiger partial charge in [0.2, 0.25) is 0 Å². The molecule has 0 amide bonds. The number of hydrogen-bond donors (Lipinski definition) is 1. The molecule has 1 N–H and O–H groups in total. The summed E-state index contributed by atoms with van der Waals surface area (Å²) in [6.45, 7) is 1.17. The highest BCUT2D eigenvalue weighted by Crippen LogP contribution is 2.44. The summed E-state index contributed by atoms with van der Waals surface area (Å²) in [6, 6.07) is 8.55. The molecule has 1 atom stereocenters. The lowest BCUT2D eigenvalue weighted by atomic mass is 9.69. The van der Waals surface area contributed by atoms with E-state index >= 15 is 0 Å². The van der Waals surface area contributed by atoms with E-state index in [0.29, 0.717) is 32.0 Å². The average Bonchev–Trinajstić information content (AvgIpc) is 2.48. The number of hydrogen-bond acceptors (Lipinski definition) is 2. The number of rotatable bonds is 3. The van der Waals surface area contributed by atoms with Gasteiger partial charge in [0.1, 0.15) is 0 Å². The molecular weight excluding hydrogens is 252 g/mol. The van der Waals surface area contributed by atoms with Gasteiger partial charge in [-0.1, -0.05) is 24.3 Å². The van der Waals surface area contributed by atoms with Gasteiger partial charge in [0, 0.05) is 13.2 Å². The van der Waals surface area contributed by atoms with Crippen LogP contribution in [0.25, 0.3) is 0 Å². The smallest absolute Gasteiger partial charge is 0.309 e. The molecule has 1 aromatic carbocycles. The summed E-state index contributed by atoms with van der Waals surface area (Å²) < 4.78 is 5.37. The maximum atomic E-state index is 11.8. The Bertz CT molecular complexity index is 489. The first-order valence-electron chi connectivity index (χ1n) is 7.60. The van der Waals surface area contributed by atoms with Crippen LogP contribution in [0.2, 0.25) is 0 Å². The number of carboxylic acids is 1. The molecule has 0 saturated carbocycles. The second kappa shape index (κ2) is 5.57. The number of carbonyl (C=O) groups is 1. The fourth-order valence-electron chi connectivity index (χ4n) is 3.81. The Labute approximate surface area is 120 Å². The molecule has 0 aromatic heterocycles. The lowest BCUT2D eigenvalue weighted by Crippen LogP contribution is -2.39. The SMILES string of the molecule is O=C(O)C1(CC2CCCc3ccccc32)CCOCC1. The van der Waals surface area contributed by atoms with Gasteiger partial charge in [0.05, 0.1) is 5.41 Å². The first kappa shape index (κ1) is 13.6. The predicted octanol–water partition coefficient (Wildman–Crippen LogP) is 3.38. The monoisotopic (exact) mass is 274 g/mol. The first-order chi connectivity index (χ1) is 9.71. The van der Waals surface area contributed by atoms with E-state index in [1.807, 2.05) is 0 Å². The molecule has 0 bridgehead atoms. The fraction of sp³-hybridized carbons (Fsp3) is 0.588. The molecule has 0 radical (unpaired) electrons. The Morgan fingerprint density at radius 2 is 2.05 bits per heavy atom. The van der Waals surface area contributed by atoms with Crippen molar-refractivity contribution in [3.8, 4) is 0 Å². The second-order valence-electron chi connectivity index (χ2n) is 6.19. The third kappa shape index (κ3) is 2.47. The van der Waals surface area contributed by atoms with E-state index in [-0.39, 0.29) is 0 Å². The van der Waals surface area contributed by atoms with Crippen molar-refractivity contribution < 1.29 is 14.6 Å². The van der Waals surface area contributed by atoms with E-state index in [1.54, 1.807) is 0 Å². The molecule has 2 aliphatic rings. The maximum Gasteiger partial charge on any atom is 0.309 e. The number of fused-ring (bicyclic) bond motifs is 1. The minimum atomic E-state index is -0.635. The predicted molar refractivity (Wildman–Crippen MR) is 76.9 cm³/mol. The molecule has 108 valence electrons. The van der Waals surface area contributed by atoms with E-state index in [1.165, 1.54) is 17.5 Å². The molecule has 1 aromatic rings. The molecule has 0 spiro atoms. The van der Waals surface area contributed by atoms with Gasteiger partial charge in [-0.25, -0.2) is 0 Å². The Hall–Kier alpha value is -1.35. The average molecular weight is 274 g/mol. The molecule has 1 saturated heterocycles. The van der Waals surface area contributed by atoms with E-state index < -0.39 is 11.4 Å². The Balaban J connectivity index is 1.85. The van der Waals surface area contributed by atoms with Crippen molar-refractivity contribution in [2.75, 3.05) is 13.2 Å². The summed E-state index contributed by atoms with van der Waals surface area (Å²) >= 11 is 0. The molecule has 3 nitrogen and oxygen atoms in total. The van der Waals surface area contributed by atoms with Crippen LogP contribution in [0.5, 0.6) is 0 Å². The standard InChI is InChI=1S/C17H22O3/c18-16(19)17(8-10-20-11-9-17)12-14-6-3-5-13-4-1-2-7-15(13)14/h1-2,4,7,14H,3,5-6,8-12H2,(H,18,19). The number of carboxylic acid groups (broad SMARTS) is 1. The first-order valence-corrected chi connectivity index (χ1v) is 7.60.